The molecule has 2 rings (SSSR count). The van der Waals surface area contributed by atoms with E-state index in [9.17, 15) is 0 Å². The zero-order valence-electron chi connectivity index (χ0n) is 10.8. The van der Waals surface area contributed by atoms with E-state index in [1.807, 2.05) is 0 Å². The molecule has 2 heteroatoms. The first-order valence-electron chi connectivity index (χ1n) is 6.89. The maximum absolute atomic E-state index is 3.59. The molecule has 0 aromatic heterocycles. The van der Waals surface area contributed by atoms with Crippen molar-refractivity contribution >= 4 is 0 Å². The van der Waals surface area contributed by atoms with Gasteiger partial charge in [-0.1, -0.05) is 11.6 Å². The van der Waals surface area contributed by atoms with E-state index in [1.165, 1.54) is 51.7 Å². The van der Waals surface area contributed by atoms with Crippen LogP contribution in [0, 0.1) is 0 Å². The van der Waals surface area contributed by atoms with Crippen LogP contribution < -0.4 is 5.32 Å². The topological polar surface area (TPSA) is 15.3 Å². The van der Waals surface area contributed by atoms with E-state index in [4.69, 9.17) is 0 Å². The number of hydrogen-bond donors (Lipinski definition) is 1. The predicted molar refractivity (Wildman–Crippen MR) is 69.7 cm³/mol. The average molecular weight is 222 g/mol. The third-order valence-electron chi connectivity index (χ3n) is 3.90. The SMILES string of the molecule is CC1=CCN(C(C)CCCNC2CC2)CC1. The number of nitrogens with one attached hydrogen (secondary N) is 1. The summed E-state index contributed by atoms with van der Waals surface area (Å²) in [6.45, 7) is 8.29. The van der Waals surface area contributed by atoms with E-state index in [2.05, 4.69) is 30.1 Å². The van der Waals surface area contributed by atoms with Gasteiger partial charge in [-0.15, -0.1) is 0 Å². The monoisotopic (exact) mass is 222 g/mol. The molecule has 0 spiro atoms. The van der Waals surface area contributed by atoms with Crippen LogP contribution in [0.3, 0.4) is 0 Å². The molecule has 1 saturated carbocycles. The molecule has 0 aromatic carbocycles. The summed E-state index contributed by atoms with van der Waals surface area (Å²) in [5, 5.41) is 3.59. The zero-order chi connectivity index (χ0) is 11.4. The fraction of sp³-hybridized carbons (Fsp3) is 0.857. The van der Waals surface area contributed by atoms with E-state index >= 15 is 0 Å². The lowest BCUT2D eigenvalue weighted by atomic mass is 10.1. The van der Waals surface area contributed by atoms with Crippen molar-refractivity contribution in [1.29, 1.82) is 0 Å². The molecule has 0 aromatic rings. The summed E-state index contributed by atoms with van der Waals surface area (Å²) in [6, 6.07) is 1.63. The molecule has 1 N–H and O–H groups in total. The minimum absolute atomic E-state index is 0.755. The molecule has 1 aliphatic carbocycles. The largest absolute Gasteiger partial charge is 0.314 e. The predicted octanol–water partition coefficient (Wildman–Crippen LogP) is 2.56. The van der Waals surface area contributed by atoms with Crippen molar-refractivity contribution in [3.8, 4) is 0 Å². The fourth-order valence-electron chi connectivity index (χ4n) is 2.36. The lowest BCUT2D eigenvalue weighted by Gasteiger charge is -2.31. The lowest BCUT2D eigenvalue weighted by Crippen LogP contribution is -2.36. The van der Waals surface area contributed by atoms with Crippen LogP contribution in [0.5, 0.6) is 0 Å². The van der Waals surface area contributed by atoms with Crippen LogP contribution in [-0.4, -0.2) is 36.6 Å². The van der Waals surface area contributed by atoms with Crippen molar-refractivity contribution in [3.63, 3.8) is 0 Å². The van der Waals surface area contributed by atoms with Gasteiger partial charge in [0.2, 0.25) is 0 Å². The van der Waals surface area contributed by atoms with Gasteiger partial charge in [0.05, 0.1) is 0 Å². The lowest BCUT2D eigenvalue weighted by molar-refractivity contribution is 0.212. The second kappa shape index (κ2) is 5.83. The maximum Gasteiger partial charge on any atom is 0.0168 e. The molecule has 1 unspecified atom stereocenters. The molecule has 2 nitrogen and oxygen atoms in total. The number of nitrogens with zero attached hydrogens (tertiary/aromatic N) is 1. The molecule has 2 aliphatic rings. The smallest absolute Gasteiger partial charge is 0.0168 e. The van der Waals surface area contributed by atoms with Gasteiger partial charge in [-0.2, -0.15) is 0 Å². The first kappa shape index (κ1) is 12.1. The maximum atomic E-state index is 3.59. The second-order valence-electron chi connectivity index (χ2n) is 5.52. The Balaban J connectivity index is 1.57. The fourth-order valence-corrected chi connectivity index (χ4v) is 2.36. The molecule has 0 saturated heterocycles. The highest BCUT2D eigenvalue weighted by Crippen LogP contribution is 2.19. The first-order valence-corrected chi connectivity index (χ1v) is 6.89. The number of rotatable bonds is 6. The number of hydrogen-bond acceptors (Lipinski definition) is 2. The van der Waals surface area contributed by atoms with Crippen LogP contribution in [0.4, 0.5) is 0 Å². The van der Waals surface area contributed by atoms with Gasteiger partial charge >= 0.3 is 0 Å². The Labute approximate surface area is 100 Å². The minimum atomic E-state index is 0.755. The van der Waals surface area contributed by atoms with Gasteiger partial charge in [0.15, 0.2) is 0 Å². The van der Waals surface area contributed by atoms with E-state index in [1.54, 1.807) is 5.57 Å². The van der Waals surface area contributed by atoms with Crippen molar-refractivity contribution < 1.29 is 0 Å². The minimum Gasteiger partial charge on any atom is -0.314 e. The van der Waals surface area contributed by atoms with Crippen molar-refractivity contribution in [2.45, 2.75) is 58.0 Å². The third-order valence-corrected chi connectivity index (χ3v) is 3.90. The molecule has 0 bridgehead atoms. The van der Waals surface area contributed by atoms with Gasteiger partial charge in [0, 0.05) is 25.2 Å². The van der Waals surface area contributed by atoms with Crippen LogP contribution in [0.1, 0.15) is 46.0 Å². The Hall–Kier alpha value is -0.340. The Morgan fingerprint density at radius 1 is 1.50 bits per heavy atom. The standard InChI is InChI=1S/C14H26N2/c1-12-7-10-16(11-8-12)13(2)4-3-9-15-14-5-6-14/h7,13-15H,3-6,8-11H2,1-2H3. The van der Waals surface area contributed by atoms with Crippen molar-refractivity contribution in [3.05, 3.63) is 11.6 Å². The molecule has 1 atom stereocenters. The quantitative estimate of drug-likeness (QED) is 0.549. The Morgan fingerprint density at radius 3 is 2.94 bits per heavy atom. The van der Waals surface area contributed by atoms with Gasteiger partial charge in [0.1, 0.15) is 0 Å². The molecule has 16 heavy (non-hydrogen) atoms. The van der Waals surface area contributed by atoms with Gasteiger partial charge in [-0.25, -0.2) is 0 Å². The zero-order valence-corrected chi connectivity index (χ0v) is 10.8. The van der Waals surface area contributed by atoms with E-state index in [0.29, 0.717) is 0 Å². The van der Waals surface area contributed by atoms with Gasteiger partial charge in [0.25, 0.3) is 0 Å². The molecule has 1 heterocycles. The van der Waals surface area contributed by atoms with Crippen LogP contribution in [0.25, 0.3) is 0 Å². The highest BCUT2D eigenvalue weighted by Gasteiger charge is 2.20. The van der Waals surface area contributed by atoms with Crippen LogP contribution in [-0.2, 0) is 0 Å². The summed E-state index contributed by atoms with van der Waals surface area (Å²) in [7, 11) is 0. The molecule has 0 amide bonds. The van der Waals surface area contributed by atoms with Crippen LogP contribution in [0.15, 0.2) is 11.6 Å². The normalized spacial score (nSPS) is 24.2. The van der Waals surface area contributed by atoms with Crippen molar-refractivity contribution in [2.24, 2.45) is 0 Å². The molecule has 0 radical (unpaired) electrons. The summed E-state index contributed by atoms with van der Waals surface area (Å²) in [5.74, 6) is 0. The Bertz CT molecular complexity index is 243. The van der Waals surface area contributed by atoms with Gasteiger partial charge in [-0.05, 0) is 52.5 Å². The van der Waals surface area contributed by atoms with Crippen LogP contribution in [0.2, 0.25) is 0 Å². The highest BCUT2D eigenvalue weighted by atomic mass is 15.1. The average Bonchev–Trinajstić information content (AvgIpc) is 3.09. The molecular formula is C14H26N2. The van der Waals surface area contributed by atoms with Crippen molar-refractivity contribution in [1.82, 2.24) is 10.2 Å². The first-order chi connectivity index (χ1) is 7.75. The van der Waals surface area contributed by atoms with E-state index < -0.39 is 0 Å². The van der Waals surface area contributed by atoms with Gasteiger partial charge < -0.3 is 5.32 Å². The third kappa shape index (κ3) is 3.91. The van der Waals surface area contributed by atoms with E-state index in [0.717, 1.165) is 12.1 Å². The molecule has 92 valence electrons. The molecule has 1 aliphatic heterocycles. The summed E-state index contributed by atoms with van der Waals surface area (Å²) < 4.78 is 0. The summed E-state index contributed by atoms with van der Waals surface area (Å²) in [6.07, 6.45) is 9.15. The summed E-state index contributed by atoms with van der Waals surface area (Å²) in [5.41, 5.74) is 1.57. The van der Waals surface area contributed by atoms with E-state index in [-0.39, 0.29) is 0 Å². The summed E-state index contributed by atoms with van der Waals surface area (Å²) >= 11 is 0. The van der Waals surface area contributed by atoms with Gasteiger partial charge in [-0.3, -0.25) is 4.90 Å². The Morgan fingerprint density at radius 2 is 2.31 bits per heavy atom. The molecular weight excluding hydrogens is 196 g/mol. The van der Waals surface area contributed by atoms with Crippen LogP contribution >= 0.6 is 0 Å². The summed E-state index contributed by atoms with van der Waals surface area (Å²) in [4.78, 5) is 2.62. The Kier molecular flexibility index (Phi) is 4.42. The highest BCUT2D eigenvalue weighted by molar-refractivity contribution is 5.04. The molecule has 1 fully saturated rings. The second-order valence-corrected chi connectivity index (χ2v) is 5.52. The van der Waals surface area contributed by atoms with Crippen molar-refractivity contribution in [2.75, 3.05) is 19.6 Å².